The zero-order valence-corrected chi connectivity index (χ0v) is 34.1. The van der Waals surface area contributed by atoms with Crippen molar-refractivity contribution < 1.29 is 19.1 Å². The molecule has 0 saturated carbocycles. The topological polar surface area (TPSA) is 90.7 Å². The lowest BCUT2D eigenvalue weighted by Gasteiger charge is -2.13. The molecule has 0 aliphatic rings. The van der Waals surface area contributed by atoms with Gasteiger partial charge in [-0.25, -0.2) is 9.59 Å². The maximum atomic E-state index is 12.2. The molecule has 0 radical (unpaired) electrons. The molecule has 10 aromatic rings. The molecule has 0 saturated heterocycles. The van der Waals surface area contributed by atoms with Crippen LogP contribution in [0.3, 0.4) is 0 Å². The highest BCUT2D eigenvalue weighted by molar-refractivity contribution is 9.10. The third kappa shape index (κ3) is 7.40. The van der Waals surface area contributed by atoms with Crippen molar-refractivity contribution >= 4 is 129 Å². The monoisotopic (exact) mass is 846 g/mol. The van der Waals surface area contributed by atoms with Gasteiger partial charge in [0.2, 0.25) is 0 Å². The molecule has 6 nitrogen and oxygen atoms in total. The molecule has 2 aromatic heterocycles. The Morgan fingerprint density at radius 2 is 0.982 bits per heavy atom. The lowest BCUT2D eigenvalue weighted by molar-refractivity contribution is 0.0593. The number of benzene rings is 8. The normalized spacial score (nSPS) is 10.9. The number of methoxy groups -OCH3 is 2. The van der Waals surface area contributed by atoms with E-state index < -0.39 is 5.97 Å². The number of hydrogen-bond donors (Lipinski definition) is 2. The lowest BCUT2D eigenvalue weighted by atomic mass is 10.0. The fourth-order valence-corrected chi connectivity index (χ4v) is 10.0. The van der Waals surface area contributed by atoms with E-state index in [1.807, 2.05) is 29.5 Å². The van der Waals surface area contributed by atoms with Gasteiger partial charge in [-0.1, -0.05) is 109 Å². The van der Waals surface area contributed by atoms with Crippen molar-refractivity contribution in [3.05, 3.63) is 173 Å². The van der Waals surface area contributed by atoms with Crippen molar-refractivity contribution in [1.29, 1.82) is 0 Å². The molecule has 0 aliphatic carbocycles. The Balaban J connectivity index is 0.000000134. The highest BCUT2D eigenvalue weighted by Crippen LogP contribution is 2.44. The maximum Gasteiger partial charge on any atom is 0.339 e. The van der Waals surface area contributed by atoms with Crippen LogP contribution in [0.4, 0.5) is 17.1 Å². The van der Waals surface area contributed by atoms with Gasteiger partial charge in [-0.15, -0.1) is 22.7 Å². The third-order valence-corrected chi connectivity index (χ3v) is 13.0. The molecule has 10 rings (SSSR count). The first-order valence-corrected chi connectivity index (χ1v) is 20.5. The fourth-order valence-electron chi connectivity index (χ4n) is 7.02. The highest BCUT2D eigenvalue weighted by Gasteiger charge is 2.17. The van der Waals surface area contributed by atoms with Gasteiger partial charge in [-0.05, 0) is 86.0 Å². The second-order valence-electron chi connectivity index (χ2n) is 13.1. The van der Waals surface area contributed by atoms with Crippen LogP contribution in [0.2, 0.25) is 0 Å². The summed E-state index contributed by atoms with van der Waals surface area (Å²) in [5, 5.41) is 13.8. The van der Waals surface area contributed by atoms with E-state index >= 15 is 0 Å². The Morgan fingerprint density at radius 1 is 0.526 bits per heavy atom. The van der Waals surface area contributed by atoms with E-state index in [2.05, 4.69) is 135 Å². The lowest BCUT2D eigenvalue weighted by Crippen LogP contribution is -2.05. The van der Waals surface area contributed by atoms with E-state index in [-0.39, 0.29) is 5.97 Å². The second kappa shape index (κ2) is 16.5. The standard InChI is InChI=1S/C24H17NO2S.C16H9BrS.C8H9NO2/c1-27-24(26)17-10-4-6-12-19(17)25-20-14-15-8-2-3-9-16(15)22-18-11-5-7-13-21(18)28-23(20)22;17-13-9-10-5-1-2-6-11(10)15-12-7-3-4-8-14(12)18-16(13)15;1-11-8(10)6-4-2-3-5-7(6)9/h2-14,25H,1H3;1-9H;2-5H,9H2,1H3. The van der Waals surface area contributed by atoms with Crippen LogP contribution in [-0.2, 0) is 9.47 Å². The van der Waals surface area contributed by atoms with Gasteiger partial charge in [0.15, 0.2) is 0 Å². The Hall–Kier alpha value is -6.26. The summed E-state index contributed by atoms with van der Waals surface area (Å²) >= 11 is 7.33. The average molecular weight is 848 g/mol. The van der Waals surface area contributed by atoms with E-state index in [1.54, 1.807) is 41.7 Å². The van der Waals surface area contributed by atoms with Gasteiger partial charge >= 0.3 is 11.9 Å². The van der Waals surface area contributed by atoms with Crippen LogP contribution in [0.25, 0.3) is 61.9 Å². The molecule has 0 bridgehead atoms. The SMILES string of the molecule is Brc1cc2ccccc2c2c1sc1ccccc12.COC(=O)c1ccccc1N.COC(=O)c1ccccc1Nc1cc2ccccc2c2c1sc1ccccc12. The van der Waals surface area contributed by atoms with Gasteiger partial charge in [0, 0.05) is 41.1 Å². The minimum atomic E-state index is -0.400. The molecular formula is C48H35BrN2O4S2. The van der Waals surface area contributed by atoms with Crippen molar-refractivity contribution in [2.75, 3.05) is 25.3 Å². The molecule has 0 unspecified atom stereocenters. The van der Waals surface area contributed by atoms with E-state index in [9.17, 15) is 9.59 Å². The number of nitrogen functional groups attached to an aromatic ring is 1. The summed E-state index contributed by atoms with van der Waals surface area (Å²) in [6.07, 6.45) is 0. The quantitative estimate of drug-likeness (QED) is 0.135. The summed E-state index contributed by atoms with van der Waals surface area (Å²) < 4.78 is 15.8. The number of nitrogens with one attached hydrogen (secondary N) is 1. The number of hydrogen-bond acceptors (Lipinski definition) is 8. The fraction of sp³-hybridized carbons (Fsp3) is 0.0417. The molecule has 8 aromatic carbocycles. The summed E-state index contributed by atoms with van der Waals surface area (Å²) in [4.78, 5) is 23.1. The summed E-state index contributed by atoms with van der Waals surface area (Å²) in [5.41, 5.74) is 8.60. The number of rotatable bonds is 4. The first-order valence-electron chi connectivity index (χ1n) is 18.0. The summed E-state index contributed by atoms with van der Waals surface area (Å²) in [5.74, 6) is -0.750. The van der Waals surface area contributed by atoms with Crippen molar-refractivity contribution in [2.45, 2.75) is 0 Å². The van der Waals surface area contributed by atoms with Gasteiger partial charge in [-0.2, -0.15) is 0 Å². The number of nitrogens with two attached hydrogens (primary N) is 1. The Labute approximate surface area is 345 Å². The molecule has 0 spiro atoms. The molecular weight excluding hydrogens is 813 g/mol. The van der Waals surface area contributed by atoms with Crippen molar-refractivity contribution in [3.8, 4) is 0 Å². The number of esters is 2. The Kier molecular flexibility index (Phi) is 10.9. The number of fused-ring (bicyclic) bond motifs is 10. The van der Waals surface area contributed by atoms with Crippen molar-refractivity contribution in [1.82, 2.24) is 0 Å². The smallest absolute Gasteiger partial charge is 0.339 e. The van der Waals surface area contributed by atoms with E-state index in [0.29, 0.717) is 16.8 Å². The summed E-state index contributed by atoms with van der Waals surface area (Å²) in [6.45, 7) is 0. The van der Waals surface area contributed by atoms with Gasteiger partial charge in [0.1, 0.15) is 0 Å². The van der Waals surface area contributed by atoms with Crippen LogP contribution in [-0.4, -0.2) is 26.2 Å². The minimum absolute atomic E-state index is 0.350. The Morgan fingerprint density at radius 3 is 1.60 bits per heavy atom. The Bertz CT molecular complexity index is 3120. The molecule has 0 aliphatic heterocycles. The van der Waals surface area contributed by atoms with Crippen LogP contribution in [0, 0.1) is 0 Å². The van der Waals surface area contributed by atoms with E-state index in [1.165, 1.54) is 75.2 Å². The van der Waals surface area contributed by atoms with Crippen LogP contribution in [0.1, 0.15) is 20.7 Å². The molecule has 3 N–H and O–H groups in total. The number of halogens is 1. The van der Waals surface area contributed by atoms with E-state index in [4.69, 9.17) is 10.5 Å². The molecule has 0 amide bonds. The van der Waals surface area contributed by atoms with Crippen LogP contribution < -0.4 is 11.1 Å². The first kappa shape index (κ1) is 37.7. The predicted molar refractivity (Wildman–Crippen MR) is 245 cm³/mol. The van der Waals surface area contributed by atoms with Crippen molar-refractivity contribution in [2.24, 2.45) is 0 Å². The second-order valence-corrected chi connectivity index (χ2v) is 16.0. The number of carbonyl (C=O) groups is 2. The van der Waals surface area contributed by atoms with Gasteiger partial charge in [0.25, 0.3) is 0 Å². The maximum absolute atomic E-state index is 12.2. The number of anilines is 3. The number of carbonyl (C=O) groups excluding carboxylic acids is 2. The summed E-state index contributed by atoms with van der Waals surface area (Å²) in [6, 6.07) is 52.7. The van der Waals surface area contributed by atoms with Gasteiger partial charge in [0.05, 0.1) is 46.1 Å². The van der Waals surface area contributed by atoms with Gasteiger partial charge in [-0.3, -0.25) is 0 Å². The van der Waals surface area contributed by atoms with Crippen LogP contribution >= 0.6 is 38.6 Å². The molecule has 280 valence electrons. The summed E-state index contributed by atoms with van der Waals surface area (Å²) in [7, 11) is 2.73. The van der Waals surface area contributed by atoms with E-state index in [0.717, 1.165) is 16.8 Å². The highest BCUT2D eigenvalue weighted by atomic mass is 79.9. The predicted octanol–water partition coefficient (Wildman–Crippen LogP) is 13.8. The van der Waals surface area contributed by atoms with Crippen LogP contribution in [0.5, 0.6) is 0 Å². The average Bonchev–Trinajstić information content (AvgIpc) is 3.85. The number of ether oxygens (including phenoxy) is 2. The third-order valence-electron chi connectivity index (χ3n) is 9.66. The molecule has 2 heterocycles. The molecule has 57 heavy (non-hydrogen) atoms. The number of thiophene rings is 2. The largest absolute Gasteiger partial charge is 0.465 e. The van der Waals surface area contributed by atoms with Crippen LogP contribution in [0.15, 0.2) is 162 Å². The molecule has 0 fully saturated rings. The van der Waals surface area contributed by atoms with Gasteiger partial charge < -0.3 is 20.5 Å². The van der Waals surface area contributed by atoms with Crippen molar-refractivity contribution in [3.63, 3.8) is 0 Å². The minimum Gasteiger partial charge on any atom is -0.465 e. The zero-order valence-electron chi connectivity index (χ0n) is 30.9. The zero-order chi connectivity index (χ0) is 39.5. The first-order chi connectivity index (χ1) is 27.9. The molecule has 9 heteroatoms. The number of para-hydroxylation sites is 2. The molecule has 0 atom stereocenters.